The van der Waals surface area contributed by atoms with Crippen molar-refractivity contribution in [3.05, 3.63) is 53.3 Å². The van der Waals surface area contributed by atoms with Gasteiger partial charge in [-0.05, 0) is 36.6 Å². The molecule has 0 aliphatic rings. The van der Waals surface area contributed by atoms with Crippen LogP contribution in [0.15, 0.2) is 42.7 Å². The van der Waals surface area contributed by atoms with Gasteiger partial charge in [0.1, 0.15) is 5.78 Å². The normalized spacial score (nSPS) is 11.9. The predicted molar refractivity (Wildman–Crippen MR) is 90.4 cm³/mol. The summed E-state index contributed by atoms with van der Waals surface area (Å²) in [5, 5.41) is 13.7. The Morgan fingerprint density at radius 1 is 1.22 bits per heavy atom. The Morgan fingerprint density at radius 2 is 2.00 bits per heavy atom. The first-order valence-electron chi connectivity index (χ1n) is 7.61. The van der Waals surface area contributed by atoms with Crippen LogP contribution < -0.4 is 5.32 Å². The van der Waals surface area contributed by atoms with Crippen LogP contribution in [0.25, 0.3) is 0 Å². The Morgan fingerprint density at radius 3 is 2.74 bits per heavy atom. The minimum atomic E-state index is -0.659. The monoisotopic (exact) mass is 333 g/mol. The highest BCUT2D eigenvalue weighted by atomic mass is 35.5. The van der Waals surface area contributed by atoms with Crippen molar-refractivity contribution in [2.24, 2.45) is 0 Å². The summed E-state index contributed by atoms with van der Waals surface area (Å²) in [5.74, 6) is 0.707. The Bertz CT molecular complexity index is 622. The SMILES string of the molecule is O=C(CCCNc1ncccn1)CC[C@@H](O)c1cccc(Cl)c1. The molecule has 0 aliphatic heterocycles. The van der Waals surface area contributed by atoms with Crippen molar-refractivity contribution < 1.29 is 9.90 Å². The van der Waals surface area contributed by atoms with Crippen molar-refractivity contribution in [3.63, 3.8) is 0 Å². The largest absolute Gasteiger partial charge is 0.388 e. The molecule has 0 radical (unpaired) electrons. The summed E-state index contributed by atoms with van der Waals surface area (Å²) in [4.78, 5) is 20.0. The summed E-state index contributed by atoms with van der Waals surface area (Å²) in [5.41, 5.74) is 0.744. The molecule has 2 aromatic rings. The number of carbonyl (C=O) groups is 1. The van der Waals surface area contributed by atoms with Crippen molar-refractivity contribution >= 4 is 23.3 Å². The van der Waals surface area contributed by atoms with E-state index in [1.54, 1.807) is 36.7 Å². The fraction of sp³-hybridized carbons (Fsp3) is 0.353. The highest BCUT2D eigenvalue weighted by Gasteiger charge is 2.11. The zero-order chi connectivity index (χ0) is 16.5. The summed E-state index contributed by atoms with van der Waals surface area (Å²) in [7, 11) is 0. The molecule has 1 atom stereocenters. The average molecular weight is 334 g/mol. The van der Waals surface area contributed by atoms with Crippen molar-refractivity contribution in [1.29, 1.82) is 0 Å². The summed E-state index contributed by atoms with van der Waals surface area (Å²) in [6.45, 7) is 0.645. The first-order valence-corrected chi connectivity index (χ1v) is 7.99. The van der Waals surface area contributed by atoms with Gasteiger partial charge in [-0.1, -0.05) is 23.7 Å². The van der Waals surface area contributed by atoms with Gasteiger partial charge in [0.05, 0.1) is 6.10 Å². The van der Waals surface area contributed by atoms with E-state index >= 15 is 0 Å². The zero-order valence-corrected chi connectivity index (χ0v) is 13.5. The second-order valence-electron chi connectivity index (χ2n) is 5.25. The summed E-state index contributed by atoms with van der Waals surface area (Å²) in [6, 6.07) is 8.83. The number of nitrogens with one attached hydrogen (secondary N) is 1. The van der Waals surface area contributed by atoms with Gasteiger partial charge >= 0.3 is 0 Å². The molecule has 1 heterocycles. The third-order valence-corrected chi connectivity index (χ3v) is 3.65. The van der Waals surface area contributed by atoms with Crippen molar-refractivity contribution in [3.8, 4) is 0 Å². The number of aliphatic hydroxyl groups excluding tert-OH is 1. The lowest BCUT2D eigenvalue weighted by Crippen LogP contribution is -2.08. The van der Waals surface area contributed by atoms with Crippen LogP contribution in [0.5, 0.6) is 0 Å². The Labute approximate surface area is 140 Å². The predicted octanol–water partition coefficient (Wildman–Crippen LogP) is 3.41. The van der Waals surface area contributed by atoms with Gasteiger partial charge in [-0.15, -0.1) is 0 Å². The molecule has 23 heavy (non-hydrogen) atoms. The fourth-order valence-electron chi connectivity index (χ4n) is 2.18. The van der Waals surface area contributed by atoms with Crippen LogP contribution in [-0.2, 0) is 4.79 Å². The number of aliphatic hydroxyl groups is 1. The van der Waals surface area contributed by atoms with Gasteiger partial charge in [0.25, 0.3) is 0 Å². The number of anilines is 1. The van der Waals surface area contributed by atoms with Crippen molar-refractivity contribution in [2.45, 2.75) is 31.8 Å². The number of aromatic nitrogens is 2. The standard InChI is InChI=1S/C17H20ClN3O2/c18-14-5-1-4-13(12-14)16(23)8-7-15(22)6-2-9-19-17-20-10-3-11-21-17/h1,3-5,10-12,16,23H,2,6-9H2,(H,19,20,21)/t16-/m1/s1. The maximum atomic E-state index is 11.9. The van der Waals surface area contributed by atoms with Gasteiger partial charge < -0.3 is 10.4 Å². The van der Waals surface area contributed by atoms with E-state index in [2.05, 4.69) is 15.3 Å². The highest BCUT2D eigenvalue weighted by molar-refractivity contribution is 6.30. The molecular formula is C17H20ClN3O2. The molecule has 2 N–H and O–H groups in total. The van der Waals surface area contributed by atoms with Crippen LogP contribution in [0, 0.1) is 0 Å². The van der Waals surface area contributed by atoms with Crippen LogP contribution in [0.2, 0.25) is 5.02 Å². The number of benzene rings is 1. The van der Waals surface area contributed by atoms with Crippen LogP contribution in [0.1, 0.15) is 37.4 Å². The molecule has 122 valence electrons. The maximum Gasteiger partial charge on any atom is 0.222 e. The van der Waals surface area contributed by atoms with Crippen molar-refractivity contribution in [2.75, 3.05) is 11.9 Å². The summed E-state index contributed by atoms with van der Waals surface area (Å²) < 4.78 is 0. The molecule has 0 saturated carbocycles. The molecule has 0 spiro atoms. The first-order chi connectivity index (χ1) is 11.1. The minimum Gasteiger partial charge on any atom is -0.388 e. The quantitative estimate of drug-likeness (QED) is 0.688. The lowest BCUT2D eigenvalue weighted by atomic mass is 10.0. The molecule has 0 amide bonds. The lowest BCUT2D eigenvalue weighted by molar-refractivity contribution is -0.119. The van der Waals surface area contributed by atoms with Crippen LogP contribution in [0.4, 0.5) is 5.95 Å². The van der Waals surface area contributed by atoms with E-state index < -0.39 is 6.10 Å². The topological polar surface area (TPSA) is 75.1 Å². The Hall–Kier alpha value is -1.98. The van der Waals surface area contributed by atoms with Gasteiger partial charge in [-0.2, -0.15) is 0 Å². The number of hydrogen-bond donors (Lipinski definition) is 2. The molecule has 0 unspecified atom stereocenters. The molecule has 5 nitrogen and oxygen atoms in total. The minimum absolute atomic E-state index is 0.141. The third-order valence-electron chi connectivity index (χ3n) is 3.41. The molecule has 6 heteroatoms. The highest BCUT2D eigenvalue weighted by Crippen LogP contribution is 2.21. The summed E-state index contributed by atoms with van der Waals surface area (Å²) >= 11 is 5.89. The number of halogens is 1. The Balaban J connectivity index is 1.63. The first kappa shape index (κ1) is 17.4. The molecule has 0 aliphatic carbocycles. The zero-order valence-electron chi connectivity index (χ0n) is 12.8. The molecule has 0 saturated heterocycles. The maximum absolute atomic E-state index is 11.9. The molecule has 1 aromatic heterocycles. The number of nitrogens with zero attached hydrogens (tertiary/aromatic N) is 2. The molecule has 2 rings (SSSR count). The van der Waals surface area contributed by atoms with E-state index in [0.29, 0.717) is 43.2 Å². The van der Waals surface area contributed by atoms with Gasteiger partial charge in [-0.3, -0.25) is 4.79 Å². The van der Waals surface area contributed by atoms with E-state index in [0.717, 1.165) is 5.56 Å². The van der Waals surface area contributed by atoms with E-state index in [4.69, 9.17) is 11.6 Å². The van der Waals surface area contributed by atoms with Gasteiger partial charge in [0.2, 0.25) is 5.95 Å². The fourth-order valence-corrected chi connectivity index (χ4v) is 2.38. The molecular weight excluding hydrogens is 314 g/mol. The van der Waals surface area contributed by atoms with Crippen LogP contribution in [-0.4, -0.2) is 27.4 Å². The lowest BCUT2D eigenvalue weighted by Gasteiger charge is -2.10. The van der Waals surface area contributed by atoms with E-state index in [1.807, 2.05) is 6.07 Å². The number of ketones is 1. The number of carbonyl (C=O) groups excluding carboxylic acids is 1. The number of rotatable bonds is 9. The van der Waals surface area contributed by atoms with Crippen LogP contribution in [0.3, 0.4) is 0 Å². The second-order valence-corrected chi connectivity index (χ2v) is 5.69. The van der Waals surface area contributed by atoms with E-state index in [9.17, 15) is 9.90 Å². The average Bonchev–Trinajstić information content (AvgIpc) is 2.57. The molecule has 1 aromatic carbocycles. The van der Waals surface area contributed by atoms with E-state index in [1.165, 1.54) is 0 Å². The van der Waals surface area contributed by atoms with Gasteiger partial charge in [-0.25, -0.2) is 9.97 Å². The number of hydrogen-bond acceptors (Lipinski definition) is 5. The van der Waals surface area contributed by atoms with Crippen molar-refractivity contribution in [1.82, 2.24) is 9.97 Å². The molecule has 0 bridgehead atoms. The van der Waals surface area contributed by atoms with Gasteiger partial charge in [0.15, 0.2) is 0 Å². The smallest absolute Gasteiger partial charge is 0.222 e. The van der Waals surface area contributed by atoms with Gasteiger partial charge in [0, 0.05) is 36.8 Å². The number of Topliss-reactive ketones (excluding diaryl/α,β-unsaturated/α-hetero) is 1. The third kappa shape index (κ3) is 6.34. The second kappa shape index (κ2) is 9.22. The van der Waals surface area contributed by atoms with Crippen LogP contribution >= 0.6 is 11.6 Å². The summed E-state index contributed by atoms with van der Waals surface area (Å²) in [6.07, 6.45) is 4.62. The van der Waals surface area contributed by atoms with E-state index in [-0.39, 0.29) is 5.78 Å². The molecule has 0 fully saturated rings. The Kier molecular flexibility index (Phi) is 6.97.